The maximum atomic E-state index is 3.46. The summed E-state index contributed by atoms with van der Waals surface area (Å²) in [6, 6.07) is 45.5. The van der Waals surface area contributed by atoms with E-state index in [1.165, 1.54) is 57.5 Å². The molecule has 0 saturated heterocycles. The molecule has 0 unspecified atom stereocenters. The minimum absolute atomic E-state index is 0. The summed E-state index contributed by atoms with van der Waals surface area (Å²) in [7, 11) is 0. The van der Waals surface area contributed by atoms with Gasteiger partial charge >= 0.3 is 128 Å². The molecular formula is C39H26Br2Cl2Hf-2. The maximum absolute atomic E-state index is 3.46. The molecule has 0 radical (unpaired) electrons. The molecule has 5 heteroatoms. The average Bonchev–Trinajstić information content (AvgIpc) is 3.75. The molecule has 8 rings (SSSR count). The molecule has 0 heterocycles. The Balaban J connectivity index is 0.000000171. The first-order valence-corrected chi connectivity index (χ1v) is 17.2. The van der Waals surface area contributed by atoms with Gasteiger partial charge in [-0.1, -0.05) is 77.5 Å². The fraction of sp³-hybridized carbons (Fsp3) is 0.0256. The standard InChI is InChI=1S/C21H13.C13H8Br2.C5H5.2ClH.Hf/c1-2-8-15-14(7-1)13-20-18-11-4-3-9-16(18)17-10-5-6-12-19(17)21(15)20;14-12-5-1-10(2-6-12)9-11-3-7-13(15)8-4-11;1-2-4-5-3-1;;;/h1-13H;1-8H;1-3H,4H2;2*1H;/q-1;;-1;;;+2/p-2. The molecule has 1 aliphatic rings. The van der Waals surface area contributed by atoms with Gasteiger partial charge in [-0.05, 0) is 10.8 Å². The van der Waals surface area contributed by atoms with Crippen LogP contribution in [-0.4, -0.2) is 3.26 Å². The van der Waals surface area contributed by atoms with Gasteiger partial charge in [0.1, 0.15) is 0 Å². The van der Waals surface area contributed by atoms with Crippen molar-refractivity contribution in [3.63, 3.8) is 0 Å². The third kappa shape index (κ3) is 7.63. The normalized spacial score (nSPS) is 11.4. The molecule has 0 aromatic heterocycles. The summed E-state index contributed by atoms with van der Waals surface area (Å²) in [5.74, 6) is 0. The third-order valence-corrected chi connectivity index (χ3v) is 10.5. The smallest absolute Gasteiger partial charge is 0.0255 e. The van der Waals surface area contributed by atoms with Crippen LogP contribution in [0.25, 0.3) is 43.1 Å². The van der Waals surface area contributed by atoms with E-state index in [9.17, 15) is 0 Å². The SMILES string of the molecule is Brc1ccc([C](=[Hf+2])c2ccc(Br)cc2)cc1.[C-]1=CC=CC1.[Cl-].[Cl-].c1ccc2c(c1)[cH-]c1c3ccccc3c3ccccc3c21. The van der Waals surface area contributed by atoms with E-state index in [2.05, 4.69) is 171 Å². The summed E-state index contributed by atoms with van der Waals surface area (Å²) in [4.78, 5) is 0. The fourth-order valence-electron chi connectivity index (χ4n) is 5.35. The van der Waals surface area contributed by atoms with Crippen LogP contribution in [0.1, 0.15) is 17.5 Å². The van der Waals surface area contributed by atoms with Gasteiger partial charge in [-0.25, -0.2) is 12.2 Å². The maximum Gasteiger partial charge on any atom is -0.0255 e. The van der Waals surface area contributed by atoms with Crippen LogP contribution in [0.2, 0.25) is 0 Å². The Morgan fingerprint density at radius 1 is 0.591 bits per heavy atom. The minimum atomic E-state index is 0. The number of hydrogen-bond donors (Lipinski definition) is 0. The monoisotopic (exact) mass is 902 g/mol. The Hall–Kier alpha value is -2.53. The molecule has 0 spiro atoms. The van der Waals surface area contributed by atoms with Crippen molar-refractivity contribution in [2.75, 3.05) is 0 Å². The molecule has 7 aromatic carbocycles. The summed E-state index contributed by atoms with van der Waals surface area (Å²) in [5, 5.41) is 10.8. The van der Waals surface area contributed by atoms with E-state index in [0.717, 1.165) is 39.3 Å². The molecule has 0 bridgehead atoms. The third-order valence-electron chi connectivity index (χ3n) is 7.35. The van der Waals surface area contributed by atoms with E-state index >= 15 is 0 Å². The molecule has 0 aliphatic heterocycles. The number of halogens is 4. The van der Waals surface area contributed by atoms with Gasteiger partial charge in [0.25, 0.3) is 0 Å². The van der Waals surface area contributed by atoms with E-state index in [1.54, 1.807) is 0 Å². The predicted molar refractivity (Wildman–Crippen MR) is 185 cm³/mol. The van der Waals surface area contributed by atoms with Crippen molar-refractivity contribution in [3.05, 3.63) is 172 Å². The average molecular weight is 904 g/mol. The van der Waals surface area contributed by atoms with E-state index in [0.29, 0.717) is 0 Å². The molecule has 0 atom stereocenters. The summed E-state index contributed by atoms with van der Waals surface area (Å²) in [6.07, 6.45) is 10.0. The van der Waals surface area contributed by atoms with Crippen LogP contribution in [0.4, 0.5) is 0 Å². The molecule has 0 N–H and O–H groups in total. The van der Waals surface area contributed by atoms with Gasteiger partial charge < -0.3 is 24.8 Å². The predicted octanol–water partition coefficient (Wildman–Crippen LogP) is 5.66. The van der Waals surface area contributed by atoms with Crippen molar-refractivity contribution in [1.29, 1.82) is 0 Å². The van der Waals surface area contributed by atoms with Crippen LogP contribution < -0.4 is 24.8 Å². The number of fused-ring (bicyclic) bond motifs is 8. The molecule has 0 nitrogen and oxygen atoms in total. The number of allylic oxidation sites excluding steroid dienone is 4. The van der Waals surface area contributed by atoms with Crippen molar-refractivity contribution in [3.8, 4) is 0 Å². The van der Waals surface area contributed by atoms with Crippen LogP contribution >= 0.6 is 31.9 Å². The molecule has 44 heavy (non-hydrogen) atoms. The summed E-state index contributed by atoms with van der Waals surface area (Å²) < 4.78 is 3.68. The van der Waals surface area contributed by atoms with Gasteiger partial charge in [0.15, 0.2) is 0 Å². The van der Waals surface area contributed by atoms with Crippen LogP contribution in [0, 0.1) is 6.08 Å². The molecule has 216 valence electrons. The zero-order valence-corrected chi connectivity index (χ0v) is 31.9. The largest absolute Gasteiger partial charge is 1.00 e. The summed E-state index contributed by atoms with van der Waals surface area (Å²) >= 11 is 7.96. The molecule has 1 aliphatic carbocycles. The molecular weight excluding hydrogens is 878 g/mol. The van der Waals surface area contributed by atoms with Crippen molar-refractivity contribution in [1.82, 2.24) is 0 Å². The van der Waals surface area contributed by atoms with Crippen LogP contribution in [-0.2, 0) is 23.9 Å². The van der Waals surface area contributed by atoms with E-state index in [4.69, 9.17) is 0 Å². The second kappa shape index (κ2) is 16.2. The molecule has 0 saturated carbocycles. The molecule has 0 amide bonds. The topological polar surface area (TPSA) is 0 Å². The van der Waals surface area contributed by atoms with E-state index in [1.807, 2.05) is 12.2 Å². The Labute approximate surface area is 302 Å². The first-order chi connectivity index (χ1) is 20.6. The second-order valence-electron chi connectivity index (χ2n) is 10.0. The first kappa shape index (κ1) is 34.3. The Kier molecular flexibility index (Phi) is 12.6. The molecule has 7 aromatic rings. The van der Waals surface area contributed by atoms with E-state index in [-0.39, 0.29) is 24.8 Å². The number of benzene rings is 6. The summed E-state index contributed by atoms with van der Waals surface area (Å²) in [6.45, 7) is 0. The van der Waals surface area contributed by atoms with Gasteiger partial charge in [-0.2, -0.15) is 6.08 Å². The Morgan fingerprint density at radius 2 is 1.07 bits per heavy atom. The second-order valence-corrected chi connectivity index (χ2v) is 13.6. The van der Waals surface area contributed by atoms with Crippen LogP contribution in [0.15, 0.2) is 155 Å². The van der Waals surface area contributed by atoms with Crippen molar-refractivity contribution in [2.24, 2.45) is 0 Å². The van der Waals surface area contributed by atoms with Crippen LogP contribution in [0.3, 0.4) is 0 Å². The van der Waals surface area contributed by atoms with Gasteiger partial charge in [-0.3, -0.25) is 6.08 Å². The van der Waals surface area contributed by atoms with Crippen molar-refractivity contribution < 1.29 is 48.7 Å². The van der Waals surface area contributed by atoms with E-state index < -0.39 is 0 Å². The van der Waals surface area contributed by atoms with Gasteiger partial charge in [0, 0.05) is 0 Å². The first-order valence-electron chi connectivity index (χ1n) is 13.8. The van der Waals surface area contributed by atoms with Gasteiger partial charge in [0.05, 0.1) is 0 Å². The molecule has 0 fully saturated rings. The minimum Gasteiger partial charge on any atom is -1.00 e. The number of hydrogen-bond acceptors (Lipinski definition) is 0. The Bertz CT molecular complexity index is 2030. The quantitative estimate of drug-likeness (QED) is 0.120. The number of rotatable bonds is 2. The zero-order chi connectivity index (χ0) is 28.9. The van der Waals surface area contributed by atoms with Gasteiger partial charge in [-0.15, -0.1) is 40.1 Å². The fourth-order valence-corrected chi connectivity index (χ4v) is 7.08. The zero-order valence-electron chi connectivity index (χ0n) is 23.6. The van der Waals surface area contributed by atoms with Gasteiger partial charge in [0.2, 0.25) is 0 Å². The van der Waals surface area contributed by atoms with Crippen molar-refractivity contribution >= 4 is 78.2 Å². The Morgan fingerprint density at radius 3 is 1.57 bits per heavy atom. The summed E-state index contributed by atoms with van der Waals surface area (Å²) in [5.41, 5.74) is 2.63. The van der Waals surface area contributed by atoms with Crippen LogP contribution in [0.5, 0.6) is 0 Å². The van der Waals surface area contributed by atoms with Crippen molar-refractivity contribution in [2.45, 2.75) is 6.42 Å².